The molecule has 0 spiro atoms. The first-order chi connectivity index (χ1) is 6.52. The molecule has 0 aliphatic carbocycles. The van der Waals surface area contributed by atoms with Crippen LogP contribution in [0.1, 0.15) is 13.8 Å². The molecule has 76 valence electrons. The predicted octanol–water partition coefficient (Wildman–Crippen LogP) is 1.72. The quantitative estimate of drug-likeness (QED) is 0.558. The zero-order valence-electron chi connectivity index (χ0n) is 8.29. The molecule has 14 heavy (non-hydrogen) atoms. The highest BCUT2D eigenvalue weighted by Gasteiger charge is 2.04. The molecule has 0 saturated heterocycles. The fraction of sp³-hybridized carbons (Fsp3) is 0.200. The van der Waals surface area contributed by atoms with Gasteiger partial charge in [0.2, 0.25) is 0 Å². The summed E-state index contributed by atoms with van der Waals surface area (Å²) < 4.78 is 12.6. The molecule has 0 aliphatic rings. The third kappa shape index (κ3) is 2.23. The Labute approximate surface area is 82.8 Å². The lowest BCUT2D eigenvalue weighted by atomic mass is 10.2. The molecule has 4 heteroatoms. The fourth-order valence-corrected chi connectivity index (χ4v) is 0.985. The third-order valence-corrected chi connectivity index (χ3v) is 2.04. The second-order valence-electron chi connectivity index (χ2n) is 3.11. The summed E-state index contributed by atoms with van der Waals surface area (Å²) in [5.74, 6) is 5.48. The average molecular weight is 195 g/mol. The van der Waals surface area contributed by atoms with Gasteiger partial charge in [-0.2, -0.15) is 0 Å². The van der Waals surface area contributed by atoms with E-state index in [0.717, 1.165) is 5.70 Å². The van der Waals surface area contributed by atoms with Crippen molar-refractivity contribution < 1.29 is 4.39 Å². The minimum absolute atomic E-state index is 0.284. The normalized spacial score (nSPS) is 12.3. The summed E-state index contributed by atoms with van der Waals surface area (Å²) in [5.41, 5.74) is 7.67. The summed E-state index contributed by atoms with van der Waals surface area (Å²) in [6.45, 7) is 3.57. The van der Waals surface area contributed by atoms with Crippen LogP contribution in [0.25, 0.3) is 0 Å². The maximum absolute atomic E-state index is 12.6. The summed E-state index contributed by atoms with van der Waals surface area (Å²) in [7, 11) is 0. The molecule has 1 rings (SSSR count). The first-order valence-corrected chi connectivity index (χ1v) is 4.25. The molecule has 0 heterocycles. The number of hydrazine groups is 1. The van der Waals surface area contributed by atoms with Crippen molar-refractivity contribution >= 4 is 5.69 Å². The van der Waals surface area contributed by atoms with Gasteiger partial charge in [-0.05, 0) is 38.1 Å². The van der Waals surface area contributed by atoms with Crippen LogP contribution >= 0.6 is 0 Å². The summed E-state index contributed by atoms with van der Waals surface area (Å²) >= 11 is 0. The topological polar surface area (TPSA) is 55.3 Å². The van der Waals surface area contributed by atoms with Gasteiger partial charge in [-0.25, -0.2) is 10.2 Å². The van der Waals surface area contributed by atoms with Crippen LogP contribution < -0.4 is 16.6 Å². The number of anilines is 1. The Bertz CT molecular complexity index is 339. The Morgan fingerprint density at radius 2 is 1.71 bits per heavy atom. The van der Waals surface area contributed by atoms with Gasteiger partial charge >= 0.3 is 0 Å². The lowest BCUT2D eigenvalue weighted by molar-refractivity contribution is 0.627. The highest BCUT2D eigenvalue weighted by molar-refractivity contribution is 5.50. The zero-order valence-corrected chi connectivity index (χ0v) is 8.29. The molecule has 3 nitrogen and oxygen atoms in total. The van der Waals surface area contributed by atoms with E-state index in [1.54, 1.807) is 26.0 Å². The molecule has 4 N–H and O–H groups in total. The Morgan fingerprint density at radius 3 is 2.14 bits per heavy atom. The van der Waals surface area contributed by atoms with Gasteiger partial charge in [-0.3, -0.25) is 5.01 Å². The molecule has 0 radical (unpaired) electrons. The summed E-state index contributed by atoms with van der Waals surface area (Å²) in [6.07, 6.45) is 0. The van der Waals surface area contributed by atoms with Crippen molar-refractivity contribution in [1.82, 2.24) is 0 Å². The van der Waals surface area contributed by atoms with Crippen LogP contribution in [0.2, 0.25) is 0 Å². The zero-order chi connectivity index (χ0) is 10.7. The van der Waals surface area contributed by atoms with E-state index in [1.165, 1.54) is 17.1 Å². The van der Waals surface area contributed by atoms with E-state index in [0.29, 0.717) is 11.4 Å². The van der Waals surface area contributed by atoms with E-state index in [9.17, 15) is 4.39 Å². The lowest BCUT2D eigenvalue weighted by Gasteiger charge is -2.20. The van der Waals surface area contributed by atoms with Crippen molar-refractivity contribution in [3.63, 3.8) is 0 Å². The first-order valence-electron chi connectivity index (χ1n) is 4.25. The van der Waals surface area contributed by atoms with Crippen molar-refractivity contribution in [3.8, 4) is 0 Å². The van der Waals surface area contributed by atoms with Gasteiger partial charge in [0.25, 0.3) is 0 Å². The van der Waals surface area contributed by atoms with Crippen LogP contribution in [-0.2, 0) is 0 Å². The van der Waals surface area contributed by atoms with E-state index in [2.05, 4.69) is 0 Å². The van der Waals surface area contributed by atoms with E-state index in [1.807, 2.05) is 0 Å². The van der Waals surface area contributed by atoms with Gasteiger partial charge in [-0.1, -0.05) is 0 Å². The van der Waals surface area contributed by atoms with E-state index in [4.69, 9.17) is 11.6 Å². The second-order valence-corrected chi connectivity index (χ2v) is 3.11. The number of nitrogens with zero attached hydrogens (tertiary/aromatic N) is 1. The first kappa shape index (κ1) is 10.5. The molecule has 1 aromatic carbocycles. The molecular weight excluding hydrogens is 181 g/mol. The summed E-state index contributed by atoms with van der Waals surface area (Å²) in [6, 6.07) is 5.91. The van der Waals surface area contributed by atoms with Gasteiger partial charge < -0.3 is 5.73 Å². The molecule has 0 saturated carbocycles. The highest BCUT2D eigenvalue weighted by atomic mass is 19.1. The molecular formula is C10H14FN3. The Kier molecular flexibility index (Phi) is 3.09. The maximum atomic E-state index is 12.6. The van der Waals surface area contributed by atoms with Crippen LogP contribution in [0.15, 0.2) is 35.7 Å². The van der Waals surface area contributed by atoms with E-state index >= 15 is 0 Å². The van der Waals surface area contributed by atoms with Crippen LogP contribution in [0, 0.1) is 5.82 Å². The van der Waals surface area contributed by atoms with Crippen LogP contribution in [-0.4, -0.2) is 0 Å². The van der Waals surface area contributed by atoms with Crippen molar-refractivity contribution in [2.24, 2.45) is 11.6 Å². The second kappa shape index (κ2) is 4.11. The van der Waals surface area contributed by atoms with Crippen LogP contribution in [0.3, 0.4) is 0 Å². The van der Waals surface area contributed by atoms with Gasteiger partial charge in [0.15, 0.2) is 0 Å². The van der Waals surface area contributed by atoms with E-state index < -0.39 is 0 Å². The Morgan fingerprint density at radius 1 is 1.21 bits per heavy atom. The molecule has 0 fully saturated rings. The number of allylic oxidation sites excluding steroid dienone is 2. The van der Waals surface area contributed by atoms with Gasteiger partial charge in [-0.15, -0.1) is 0 Å². The molecule has 0 amide bonds. The number of benzene rings is 1. The molecule has 0 bridgehead atoms. The highest BCUT2D eigenvalue weighted by Crippen LogP contribution is 2.16. The standard InChI is InChI=1S/C10H14FN3/c1-7(12)8(2)14(13)10-5-3-9(11)4-6-10/h3-6H,12-13H2,1-2H3/b8-7-. The number of hydrogen-bond donors (Lipinski definition) is 2. The number of halogens is 1. The molecule has 1 aromatic rings. The number of rotatable bonds is 2. The monoisotopic (exact) mass is 195 g/mol. The van der Waals surface area contributed by atoms with E-state index in [-0.39, 0.29) is 5.82 Å². The SMILES string of the molecule is C/C(N)=C(\C)N(N)c1ccc(F)cc1. The van der Waals surface area contributed by atoms with Crippen molar-refractivity contribution in [2.75, 3.05) is 5.01 Å². The van der Waals surface area contributed by atoms with Crippen LogP contribution in [0.5, 0.6) is 0 Å². The van der Waals surface area contributed by atoms with Gasteiger partial charge in [0.1, 0.15) is 5.82 Å². The van der Waals surface area contributed by atoms with Crippen molar-refractivity contribution in [3.05, 3.63) is 41.5 Å². The van der Waals surface area contributed by atoms with Gasteiger partial charge in [0.05, 0.1) is 11.4 Å². The molecule has 0 unspecified atom stereocenters. The third-order valence-electron chi connectivity index (χ3n) is 2.04. The average Bonchev–Trinajstić information content (AvgIpc) is 2.16. The predicted molar refractivity (Wildman–Crippen MR) is 55.6 cm³/mol. The molecule has 0 atom stereocenters. The Balaban J connectivity index is 2.96. The lowest BCUT2D eigenvalue weighted by Crippen LogP contribution is -2.30. The van der Waals surface area contributed by atoms with Crippen molar-refractivity contribution in [2.45, 2.75) is 13.8 Å². The minimum atomic E-state index is -0.284. The van der Waals surface area contributed by atoms with Crippen LogP contribution in [0.4, 0.5) is 10.1 Å². The maximum Gasteiger partial charge on any atom is 0.123 e. The largest absolute Gasteiger partial charge is 0.401 e. The number of nitrogens with two attached hydrogens (primary N) is 2. The van der Waals surface area contributed by atoms with Crippen molar-refractivity contribution in [1.29, 1.82) is 0 Å². The minimum Gasteiger partial charge on any atom is -0.401 e. The number of hydrogen-bond acceptors (Lipinski definition) is 3. The fourth-order valence-electron chi connectivity index (χ4n) is 0.985. The summed E-state index contributed by atoms with van der Waals surface area (Å²) in [4.78, 5) is 0. The molecule has 0 aliphatic heterocycles. The Hall–Kier alpha value is -1.55. The summed E-state index contributed by atoms with van der Waals surface area (Å²) in [5, 5.41) is 1.43. The molecule has 0 aromatic heterocycles. The smallest absolute Gasteiger partial charge is 0.123 e. The van der Waals surface area contributed by atoms with Gasteiger partial charge in [0, 0.05) is 5.70 Å².